The summed E-state index contributed by atoms with van der Waals surface area (Å²) >= 11 is 0. The van der Waals surface area contributed by atoms with Crippen molar-refractivity contribution >= 4 is 6.09 Å². The SMILES string of the molecule is COC(COC(N)=O)[C@H]1OC[C@@H]2O[C@@H]21. The van der Waals surface area contributed by atoms with Crippen molar-refractivity contribution in [3.63, 3.8) is 0 Å². The van der Waals surface area contributed by atoms with E-state index < -0.39 is 6.09 Å². The predicted octanol–water partition coefficient (Wildman–Crippen LogP) is -0.737. The minimum Gasteiger partial charge on any atom is -0.447 e. The highest BCUT2D eigenvalue weighted by atomic mass is 16.7. The van der Waals surface area contributed by atoms with Crippen molar-refractivity contribution in [3.8, 4) is 0 Å². The monoisotopic (exact) mass is 203 g/mol. The molecule has 2 rings (SSSR count). The van der Waals surface area contributed by atoms with Gasteiger partial charge in [0.25, 0.3) is 0 Å². The van der Waals surface area contributed by atoms with Crippen LogP contribution in [0.3, 0.4) is 0 Å². The third-order valence-electron chi connectivity index (χ3n) is 2.46. The highest BCUT2D eigenvalue weighted by Gasteiger charge is 2.54. The summed E-state index contributed by atoms with van der Waals surface area (Å²) < 4.78 is 20.5. The lowest BCUT2D eigenvalue weighted by molar-refractivity contribution is -0.0833. The van der Waals surface area contributed by atoms with Crippen molar-refractivity contribution in [2.45, 2.75) is 24.4 Å². The minimum absolute atomic E-state index is 0.0939. The molecule has 0 aromatic carbocycles. The van der Waals surface area contributed by atoms with Gasteiger partial charge in [-0.3, -0.25) is 0 Å². The normalized spacial score (nSPS) is 36.2. The molecule has 1 amide bonds. The Morgan fingerprint density at radius 3 is 2.93 bits per heavy atom. The van der Waals surface area contributed by atoms with E-state index in [-0.39, 0.29) is 31.0 Å². The summed E-state index contributed by atoms with van der Waals surface area (Å²) in [4.78, 5) is 10.4. The zero-order valence-electron chi connectivity index (χ0n) is 7.84. The lowest BCUT2D eigenvalue weighted by atomic mass is 10.1. The van der Waals surface area contributed by atoms with Crippen LogP contribution >= 0.6 is 0 Å². The molecule has 6 heteroatoms. The van der Waals surface area contributed by atoms with Crippen LogP contribution in [0.1, 0.15) is 0 Å². The third-order valence-corrected chi connectivity index (χ3v) is 2.46. The topological polar surface area (TPSA) is 83.3 Å². The Bertz CT molecular complexity index is 234. The number of nitrogens with two attached hydrogens (primary N) is 1. The zero-order chi connectivity index (χ0) is 10.1. The van der Waals surface area contributed by atoms with Gasteiger partial charge in [-0.2, -0.15) is 0 Å². The van der Waals surface area contributed by atoms with E-state index in [0.29, 0.717) is 6.61 Å². The van der Waals surface area contributed by atoms with E-state index in [1.54, 1.807) is 0 Å². The molecule has 1 unspecified atom stereocenters. The first-order chi connectivity index (χ1) is 6.72. The number of primary amides is 1. The van der Waals surface area contributed by atoms with Crippen LogP contribution in [0.2, 0.25) is 0 Å². The Kier molecular flexibility index (Phi) is 2.58. The number of methoxy groups -OCH3 is 1. The highest BCUT2D eigenvalue weighted by Crippen LogP contribution is 2.36. The molecule has 2 aliphatic rings. The number of epoxide rings is 1. The van der Waals surface area contributed by atoms with Gasteiger partial charge in [0.1, 0.15) is 31.0 Å². The van der Waals surface area contributed by atoms with Crippen molar-refractivity contribution in [2.24, 2.45) is 5.73 Å². The standard InChI is InChI=1S/C8H13NO5/c1-11-4(2-13-8(9)10)6-7-5(14-7)3-12-6/h4-7H,2-3H2,1H3,(H2,9,10)/t4?,5-,6+,7-/m0/s1. The van der Waals surface area contributed by atoms with Gasteiger partial charge in [0.2, 0.25) is 0 Å². The molecule has 0 aromatic heterocycles. The third kappa shape index (κ3) is 1.82. The fourth-order valence-corrected chi connectivity index (χ4v) is 1.66. The molecular formula is C8H13NO5. The van der Waals surface area contributed by atoms with E-state index in [0.717, 1.165) is 0 Å². The molecule has 2 heterocycles. The quantitative estimate of drug-likeness (QED) is 0.608. The predicted molar refractivity (Wildman–Crippen MR) is 44.7 cm³/mol. The van der Waals surface area contributed by atoms with Crippen molar-refractivity contribution in [2.75, 3.05) is 20.3 Å². The lowest BCUT2D eigenvalue weighted by Crippen LogP contribution is -2.37. The second kappa shape index (κ2) is 3.72. The molecule has 2 aliphatic heterocycles. The fraction of sp³-hybridized carbons (Fsp3) is 0.875. The van der Waals surface area contributed by atoms with Crippen LogP contribution in [0.4, 0.5) is 4.79 Å². The van der Waals surface area contributed by atoms with E-state index in [2.05, 4.69) is 4.74 Å². The number of ether oxygens (including phenoxy) is 4. The maximum absolute atomic E-state index is 10.4. The number of rotatable bonds is 4. The molecule has 0 radical (unpaired) electrons. The molecule has 2 fully saturated rings. The summed E-state index contributed by atoms with van der Waals surface area (Å²) in [6.07, 6.45) is -0.967. The van der Waals surface area contributed by atoms with E-state index >= 15 is 0 Å². The molecule has 0 bridgehead atoms. The van der Waals surface area contributed by atoms with E-state index in [4.69, 9.17) is 19.9 Å². The van der Waals surface area contributed by atoms with Gasteiger partial charge in [0.15, 0.2) is 0 Å². The van der Waals surface area contributed by atoms with Crippen molar-refractivity contribution < 1.29 is 23.7 Å². The molecule has 0 saturated carbocycles. The second-order valence-corrected chi connectivity index (χ2v) is 3.34. The minimum atomic E-state index is -0.807. The molecule has 0 spiro atoms. The average Bonchev–Trinajstić information content (AvgIpc) is 2.82. The van der Waals surface area contributed by atoms with Gasteiger partial charge in [-0.05, 0) is 0 Å². The van der Waals surface area contributed by atoms with Gasteiger partial charge in [0, 0.05) is 7.11 Å². The summed E-state index contributed by atoms with van der Waals surface area (Å²) in [6, 6.07) is 0. The van der Waals surface area contributed by atoms with Crippen molar-refractivity contribution in [3.05, 3.63) is 0 Å². The van der Waals surface area contributed by atoms with Crippen LogP contribution in [0.15, 0.2) is 0 Å². The molecule has 14 heavy (non-hydrogen) atoms. The Balaban J connectivity index is 1.82. The lowest BCUT2D eigenvalue weighted by Gasteiger charge is -2.21. The van der Waals surface area contributed by atoms with Gasteiger partial charge in [-0.25, -0.2) is 4.79 Å². The average molecular weight is 203 g/mol. The largest absolute Gasteiger partial charge is 0.447 e. The molecule has 4 atom stereocenters. The number of carbonyl (C=O) groups excluding carboxylic acids is 1. The van der Waals surface area contributed by atoms with E-state index in [1.165, 1.54) is 7.11 Å². The fourth-order valence-electron chi connectivity index (χ4n) is 1.66. The van der Waals surface area contributed by atoms with E-state index in [1.807, 2.05) is 0 Å². The maximum atomic E-state index is 10.4. The first-order valence-electron chi connectivity index (χ1n) is 4.44. The first kappa shape index (κ1) is 9.70. The summed E-state index contributed by atoms with van der Waals surface area (Å²) in [5.41, 5.74) is 4.85. The molecule has 80 valence electrons. The first-order valence-corrected chi connectivity index (χ1v) is 4.44. The number of carbonyl (C=O) groups is 1. The Morgan fingerprint density at radius 1 is 1.71 bits per heavy atom. The smallest absolute Gasteiger partial charge is 0.404 e. The van der Waals surface area contributed by atoms with Gasteiger partial charge in [-0.1, -0.05) is 0 Å². The number of fused-ring (bicyclic) bond motifs is 1. The Labute approximate surface area is 81.2 Å². The summed E-state index contributed by atoms with van der Waals surface area (Å²) in [6.45, 7) is 0.689. The second-order valence-electron chi connectivity index (χ2n) is 3.34. The van der Waals surface area contributed by atoms with Crippen LogP contribution in [0.25, 0.3) is 0 Å². The van der Waals surface area contributed by atoms with E-state index in [9.17, 15) is 4.79 Å². The molecule has 0 aromatic rings. The highest BCUT2D eigenvalue weighted by molar-refractivity contribution is 5.64. The summed E-state index contributed by atoms with van der Waals surface area (Å²) in [5, 5.41) is 0. The van der Waals surface area contributed by atoms with Crippen LogP contribution in [-0.2, 0) is 18.9 Å². The van der Waals surface area contributed by atoms with Crippen LogP contribution in [0.5, 0.6) is 0 Å². The Morgan fingerprint density at radius 2 is 2.50 bits per heavy atom. The molecular weight excluding hydrogens is 190 g/mol. The number of amides is 1. The summed E-state index contributed by atoms with van der Waals surface area (Å²) in [5.74, 6) is 0. The number of hydrogen-bond acceptors (Lipinski definition) is 5. The van der Waals surface area contributed by atoms with Gasteiger partial charge >= 0.3 is 6.09 Å². The number of hydrogen-bond donors (Lipinski definition) is 1. The zero-order valence-corrected chi connectivity index (χ0v) is 7.84. The van der Waals surface area contributed by atoms with Crippen LogP contribution < -0.4 is 5.73 Å². The molecule has 6 nitrogen and oxygen atoms in total. The molecule has 0 aliphatic carbocycles. The van der Waals surface area contributed by atoms with Crippen LogP contribution in [0, 0.1) is 0 Å². The summed E-state index contributed by atoms with van der Waals surface area (Å²) in [7, 11) is 1.54. The van der Waals surface area contributed by atoms with Gasteiger partial charge in [0.05, 0.1) is 6.61 Å². The molecule has 2 saturated heterocycles. The van der Waals surface area contributed by atoms with Crippen molar-refractivity contribution in [1.29, 1.82) is 0 Å². The Hall–Kier alpha value is -0.850. The van der Waals surface area contributed by atoms with Crippen molar-refractivity contribution in [1.82, 2.24) is 0 Å². The maximum Gasteiger partial charge on any atom is 0.404 e. The van der Waals surface area contributed by atoms with Gasteiger partial charge in [-0.15, -0.1) is 0 Å². The van der Waals surface area contributed by atoms with Gasteiger partial charge < -0.3 is 24.7 Å². The molecule has 2 N–H and O–H groups in total. The van der Waals surface area contributed by atoms with Crippen LogP contribution in [-0.4, -0.2) is 50.8 Å².